The fraction of sp³-hybridized carbons (Fsp3) is 0.0667. The molecule has 6 heteroatoms. The minimum Gasteiger partial charge on any atom is -0.478 e. The Kier molecular flexibility index (Phi) is 4.08. The molecule has 0 amide bonds. The van der Waals surface area contributed by atoms with Crippen LogP contribution in [0.15, 0.2) is 47.5 Å². The number of non-ortho nitro benzene ring substituents is 1. The highest BCUT2D eigenvalue weighted by atomic mass is 16.6. The molecular weight excluding hydrogens is 272 g/mol. The molecular formula is C15H12N2O4. The van der Waals surface area contributed by atoms with Gasteiger partial charge in [0.25, 0.3) is 5.69 Å². The Morgan fingerprint density at radius 3 is 2.43 bits per heavy atom. The number of aromatic carboxylic acids is 1. The zero-order valence-corrected chi connectivity index (χ0v) is 11.2. The molecule has 0 aliphatic carbocycles. The Morgan fingerprint density at radius 1 is 1.24 bits per heavy atom. The van der Waals surface area contributed by atoms with E-state index < -0.39 is 10.9 Å². The molecule has 0 aromatic heterocycles. The molecule has 0 heterocycles. The molecule has 0 aliphatic heterocycles. The molecule has 0 saturated carbocycles. The summed E-state index contributed by atoms with van der Waals surface area (Å²) in [6.45, 7) is 1.74. The fourth-order valence-electron chi connectivity index (χ4n) is 1.75. The van der Waals surface area contributed by atoms with Gasteiger partial charge in [-0.05, 0) is 36.2 Å². The molecule has 0 atom stereocenters. The predicted molar refractivity (Wildman–Crippen MR) is 78.5 cm³/mol. The molecule has 0 aliphatic rings. The largest absolute Gasteiger partial charge is 0.478 e. The summed E-state index contributed by atoms with van der Waals surface area (Å²) in [5, 5.41) is 19.5. The first-order chi connectivity index (χ1) is 9.97. The quantitative estimate of drug-likeness (QED) is 0.529. The summed E-state index contributed by atoms with van der Waals surface area (Å²) in [4.78, 5) is 25.2. The van der Waals surface area contributed by atoms with Crippen LogP contribution in [0.5, 0.6) is 0 Å². The highest BCUT2D eigenvalue weighted by Gasteiger charge is 2.07. The van der Waals surface area contributed by atoms with Crippen LogP contribution in [0.3, 0.4) is 0 Å². The minimum atomic E-state index is -0.982. The lowest BCUT2D eigenvalue weighted by Gasteiger charge is -2.00. The number of rotatable bonds is 4. The molecule has 0 fully saturated rings. The molecule has 1 N–H and O–H groups in total. The first-order valence-electron chi connectivity index (χ1n) is 6.10. The van der Waals surface area contributed by atoms with Crippen molar-refractivity contribution in [2.75, 3.05) is 0 Å². The highest BCUT2D eigenvalue weighted by Crippen LogP contribution is 2.23. The molecule has 0 saturated heterocycles. The summed E-state index contributed by atoms with van der Waals surface area (Å²) in [5.74, 6) is -0.982. The Labute approximate surface area is 120 Å². The summed E-state index contributed by atoms with van der Waals surface area (Å²) < 4.78 is 0. The number of nitrogens with zero attached hydrogens (tertiary/aromatic N) is 2. The van der Waals surface area contributed by atoms with E-state index in [9.17, 15) is 14.9 Å². The Morgan fingerprint density at radius 2 is 1.90 bits per heavy atom. The number of carbonyl (C=O) groups is 1. The number of aliphatic imine (C=N–C) groups is 1. The van der Waals surface area contributed by atoms with E-state index in [0.717, 1.165) is 5.56 Å². The summed E-state index contributed by atoms with van der Waals surface area (Å²) in [6, 6.07) is 10.7. The molecule has 0 unspecified atom stereocenters. The van der Waals surface area contributed by atoms with Crippen molar-refractivity contribution in [3.8, 4) is 0 Å². The van der Waals surface area contributed by atoms with Gasteiger partial charge in [0.05, 0.1) is 16.2 Å². The fourth-order valence-corrected chi connectivity index (χ4v) is 1.75. The Bertz CT molecular complexity index is 721. The number of nitro benzene ring substituents is 1. The van der Waals surface area contributed by atoms with Crippen molar-refractivity contribution < 1.29 is 14.8 Å². The lowest BCUT2D eigenvalue weighted by atomic mass is 10.1. The van der Waals surface area contributed by atoms with Gasteiger partial charge >= 0.3 is 5.97 Å². The molecule has 0 bridgehead atoms. The summed E-state index contributed by atoms with van der Waals surface area (Å²) >= 11 is 0. The molecule has 2 aromatic carbocycles. The molecule has 0 spiro atoms. The van der Waals surface area contributed by atoms with Crippen LogP contribution in [-0.2, 0) is 0 Å². The van der Waals surface area contributed by atoms with Gasteiger partial charge in [0.15, 0.2) is 0 Å². The van der Waals surface area contributed by atoms with E-state index in [4.69, 9.17) is 5.11 Å². The van der Waals surface area contributed by atoms with Crippen molar-refractivity contribution in [1.82, 2.24) is 0 Å². The van der Waals surface area contributed by atoms with Gasteiger partial charge in [-0.3, -0.25) is 15.1 Å². The predicted octanol–water partition coefficient (Wildman–Crippen LogP) is 3.35. The smallest absolute Gasteiger partial charge is 0.335 e. The third-order valence-electron chi connectivity index (χ3n) is 2.90. The number of hydrogen-bond donors (Lipinski definition) is 1. The van der Waals surface area contributed by atoms with Crippen molar-refractivity contribution in [3.63, 3.8) is 0 Å². The zero-order valence-electron chi connectivity index (χ0n) is 11.2. The van der Waals surface area contributed by atoms with E-state index >= 15 is 0 Å². The first-order valence-corrected chi connectivity index (χ1v) is 6.10. The summed E-state index contributed by atoms with van der Waals surface area (Å²) in [5.41, 5.74) is 2.30. The second kappa shape index (κ2) is 5.96. The number of benzene rings is 2. The second-order valence-electron chi connectivity index (χ2n) is 4.41. The maximum absolute atomic E-state index is 10.7. The van der Waals surface area contributed by atoms with Crippen LogP contribution in [0.4, 0.5) is 11.4 Å². The van der Waals surface area contributed by atoms with Crippen molar-refractivity contribution in [3.05, 3.63) is 69.3 Å². The van der Waals surface area contributed by atoms with Crippen molar-refractivity contribution in [2.45, 2.75) is 6.92 Å². The number of aryl methyl sites for hydroxylation is 1. The number of nitro groups is 1. The molecule has 0 radical (unpaired) electrons. The van der Waals surface area contributed by atoms with Gasteiger partial charge in [0.2, 0.25) is 0 Å². The van der Waals surface area contributed by atoms with Crippen molar-refractivity contribution in [2.24, 2.45) is 4.99 Å². The average Bonchev–Trinajstić information content (AvgIpc) is 2.46. The SMILES string of the molecule is Cc1cc([N+](=O)[O-])ccc1N=Cc1ccc(C(=O)O)cc1. The molecule has 106 valence electrons. The summed E-state index contributed by atoms with van der Waals surface area (Å²) in [7, 11) is 0. The second-order valence-corrected chi connectivity index (χ2v) is 4.41. The third-order valence-corrected chi connectivity index (χ3v) is 2.90. The lowest BCUT2D eigenvalue weighted by molar-refractivity contribution is -0.384. The van der Waals surface area contributed by atoms with Crippen molar-refractivity contribution in [1.29, 1.82) is 0 Å². The van der Waals surface area contributed by atoms with Crippen LogP contribution in [0.2, 0.25) is 0 Å². The van der Waals surface area contributed by atoms with Gasteiger partial charge in [-0.25, -0.2) is 4.79 Å². The third kappa shape index (κ3) is 3.50. The molecule has 6 nitrogen and oxygen atoms in total. The van der Waals surface area contributed by atoms with Gasteiger partial charge in [0, 0.05) is 18.3 Å². The maximum atomic E-state index is 10.7. The van der Waals surface area contributed by atoms with E-state index in [1.165, 1.54) is 24.3 Å². The highest BCUT2D eigenvalue weighted by molar-refractivity contribution is 5.89. The van der Waals surface area contributed by atoms with Crippen LogP contribution in [0.1, 0.15) is 21.5 Å². The van der Waals surface area contributed by atoms with Crippen LogP contribution in [0, 0.1) is 17.0 Å². The number of hydrogen-bond acceptors (Lipinski definition) is 4. The minimum absolute atomic E-state index is 0.0252. The Balaban J connectivity index is 2.21. The zero-order chi connectivity index (χ0) is 15.4. The normalized spacial score (nSPS) is 10.7. The van der Waals surface area contributed by atoms with E-state index in [1.54, 1.807) is 31.3 Å². The average molecular weight is 284 g/mol. The molecule has 2 aromatic rings. The van der Waals surface area contributed by atoms with Crippen LogP contribution in [0.25, 0.3) is 0 Å². The van der Waals surface area contributed by atoms with Crippen molar-refractivity contribution >= 4 is 23.6 Å². The Hall–Kier alpha value is -3.02. The maximum Gasteiger partial charge on any atom is 0.335 e. The monoisotopic (exact) mass is 284 g/mol. The number of carboxylic acids is 1. The standard InChI is InChI=1S/C15H12N2O4/c1-10-8-13(17(20)21)6-7-14(10)16-9-11-2-4-12(5-3-11)15(18)19/h2-9H,1H3,(H,18,19). The van der Waals surface area contributed by atoms with Crippen LogP contribution in [-0.4, -0.2) is 22.2 Å². The van der Waals surface area contributed by atoms with E-state index in [0.29, 0.717) is 11.3 Å². The van der Waals surface area contributed by atoms with E-state index in [2.05, 4.69) is 4.99 Å². The number of carboxylic acid groups (broad SMARTS) is 1. The van der Waals surface area contributed by atoms with E-state index in [-0.39, 0.29) is 11.3 Å². The van der Waals surface area contributed by atoms with E-state index in [1.807, 2.05) is 0 Å². The van der Waals surface area contributed by atoms with Crippen LogP contribution < -0.4 is 0 Å². The lowest BCUT2D eigenvalue weighted by Crippen LogP contribution is -1.95. The molecule has 21 heavy (non-hydrogen) atoms. The van der Waals surface area contributed by atoms with Gasteiger partial charge in [0.1, 0.15) is 0 Å². The first kappa shape index (κ1) is 14.4. The van der Waals surface area contributed by atoms with Gasteiger partial charge in [-0.15, -0.1) is 0 Å². The van der Waals surface area contributed by atoms with Crippen LogP contribution >= 0.6 is 0 Å². The molecule has 2 rings (SSSR count). The summed E-state index contributed by atoms with van der Waals surface area (Å²) in [6.07, 6.45) is 1.58. The van der Waals surface area contributed by atoms with Gasteiger partial charge < -0.3 is 5.11 Å². The van der Waals surface area contributed by atoms with Gasteiger partial charge in [-0.2, -0.15) is 0 Å². The van der Waals surface area contributed by atoms with Gasteiger partial charge in [-0.1, -0.05) is 12.1 Å². The topological polar surface area (TPSA) is 92.8 Å².